The first-order valence-corrected chi connectivity index (χ1v) is 12.1. The van der Waals surface area contributed by atoms with Crippen LogP contribution in [0.4, 0.5) is 0 Å². The molecule has 0 bridgehead atoms. The number of halogens is 1. The number of fused-ring (bicyclic) bond motifs is 1. The predicted molar refractivity (Wildman–Crippen MR) is 127 cm³/mol. The molecule has 0 unspecified atom stereocenters. The van der Waals surface area contributed by atoms with Gasteiger partial charge in [-0.05, 0) is 84.7 Å². The maximum atomic E-state index is 12.8. The Bertz CT molecular complexity index is 1320. The van der Waals surface area contributed by atoms with Crippen molar-refractivity contribution in [2.24, 2.45) is 0 Å². The van der Waals surface area contributed by atoms with Crippen molar-refractivity contribution < 1.29 is 0 Å². The zero-order valence-corrected chi connectivity index (χ0v) is 19.1. The third kappa shape index (κ3) is 3.47. The summed E-state index contributed by atoms with van der Waals surface area (Å²) in [4.78, 5) is 19.7. The second-order valence-electron chi connectivity index (χ2n) is 8.03. The van der Waals surface area contributed by atoms with Crippen LogP contribution in [0.2, 0.25) is 0 Å². The molecule has 0 atom stereocenters. The Morgan fingerprint density at radius 3 is 2.50 bits per heavy atom. The van der Waals surface area contributed by atoms with Crippen molar-refractivity contribution in [3.8, 4) is 11.3 Å². The molecule has 150 valence electrons. The van der Waals surface area contributed by atoms with Gasteiger partial charge in [-0.2, -0.15) is 5.10 Å². The highest BCUT2D eigenvalue weighted by molar-refractivity contribution is 14.1. The van der Waals surface area contributed by atoms with Gasteiger partial charge in [0.1, 0.15) is 5.69 Å². The first kappa shape index (κ1) is 18.6. The SMILES string of the molecule is O=c1c2ccc(-c3nn(C4CC4)cc3Sc3ccc(I)cc3)cc2ncn1C1CC1. The van der Waals surface area contributed by atoms with Crippen LogP contribution in [0.3, 0.4) is 0 Å². The molecule has 4 aromatic rings. The average Bonchev–Trinajstić information content (AvgIpc) is 3.68. The van der Waals surface area contributed by atoms with E-state index in [0.29, 0.717) is 17.5 Å². The highest BCUT2D eigenvalue weighted by Gasteiger charge is 2.27. The number of hydrogen-bond acceptors (Lipinski definition) is 4. The van der Waals surface area contributed by atoms with Crippen molar-refractivity contribution in [3.63, 3.8) is 0 Å². The number of nitrogens with zero attached hydrogens (tertiary/aromatic N) is 4. The third-order valence-electron chi connectivity index (χ3n) is 5.66. The number of benzene rings is 2. The molecule has 2 aromatic heterocycles. The van der Waals surface area contributed by atoms with Gasteiger partial charge in [-0.1, -0.05) is 17.8 Å². The van der Waals surface area contributed by atoms with Gasteiger partial charge >= 0.3 is 0 Å². The molecule has 2 aromatic carbocycles. The highest BCUT2D eigenvalue weighted by atomic mass is 127. The lowest BCUT2D eigenvalue weighted by atomic mass is 10.1. The van der Waals surface area contributed by atoms with Crippen LogP contribution in [0.25, 0.3) is 22.2 Å². The Balaban J connectivity index is 1.42. The van der Waals surface area contributed by atoms with Crippen molar-refractivity contribution in [1.29, 1.82) is 0 Å². The van der Waals surface area contributed by atoms with Crippen molar-refractivity contribution in [2.75, 3.05) is 0 Å². The first-order chi connectivity index (χ1) is 14.7. The Kier molecular flexibility index (Phi) is 4.49. The topological polar surface area (TPSA) is 52.7 Å². The molecule has 5 nitrogen and oxygen atoms in total. The van der Waals surface area contributed by atoms with Crippen molar-refractivity contribution in [3.05, 3.63) is 68.9 Å². The Labute approximate surface area is 191 Å². The zero-order valence-electron chi connectivity index (χ0n) is 16.2. The zero-order chi connectivity index (χ0) is 20.2. The van der Waals surface area contributed by atoms with Crippen LogP contribution in [0.5, 0.6) is 0 Å². The van der Waals surface area contributed by atoms with Gasteiger partial charge in [-0.3, -0.25) is 14.0 Å². The molecule has 30 heavy (non-hydrogen) atoms. The number of rotatable bonds is 5. The summed E-state index contributed by atoms with van der Waals surface area (Å²) in [6.07, 6.45) is 8.39. The van der Waals surface area contributed by atoms with Gasteiger partial charge in [-0.25, -0.2) is 4.98 Å². The van der Waals surface area contributed by atoms with Crippen LogP contribution in [-0.2, 0) is 0 Å². The Morgan fingerprint density at radius 1 is 1.00 bits per heavy atom. The summed E-state index contributed by atoms with van der Waals surface area (Å²) in [7, 11) is 0. The maximum Gasteiger partial charge on any atom is 0.261 e. The summed E-state index contributed by atoms with van der Waals surface area (Å²) in [6.45, 7) is 0. The lowest BCUT2D eigenvalue weighted by Gasteiger charge is -2.07. The standard InChI is InChI=1S/C23H19IN4OS/c24-15-2-8-18(9-3-15)30-21-12-28(17-6-7-17)26-22(21)14-1-10-19-20(11-14)25-13-27(23(19)29)16-4-5-16/h1-3,8-13,16-17H,4-7H2. The van der Waals surface area contributed by atoms with Crippen LogP contribution < -0.4 is 5.56 Å². The van der Waals surface area contributed by atoms with Gasteiger partial charge in [0, 0.05) is 26.3 Å². The second-order valence-corrected chi connectivity index (χ2v) is 10.4. The molecular formula is C23H19IN4OS. The van der Waals surface area contributed by atoms with E-state index in [9.17, 15) is 4.79 Å². The Morgan fingerprint density at radius 2 is 1.77 bits per heavy atom. The largest absolute Gasteiger partial charge is 0.296 e. The smallest absolute Gasteiger partial charge is 0.261 e. The summed E-state index contributed by atoms with van der Waals surface area (Å²) in [5, 5.41) is 5.61. The molecule has 2 saturated carbocycles. The van der Waals surface area contributed by atoms with Crippen molar-refractivity contribution in [1.82, 2.24) is 19.3 Å². The summed E-state index contributed by atoms with van der Waals surface area (Å²) in [5.74, 6) is 0. The number of aromatic nitrogens is 4. The van der Waals surface area contributed by atoms with Crippen molar-refractivity contribution >= 4 is 45.3 Å². The molecule has 6 rings (SSSR count). The normalized spacial score (nSPS) is 16.3. The highest BCUT2D eigenvalue weighted by Crippen LogP contribution is 2.41. The minimum Gasteiger partial charge on any atom is -0.296 e. The molecule has 0 spiro atoms. The van der Waals surface area contributed by atoms with Crippen LogP contribution in [-0.4, -0.2) is 19.3 Å². The van der Waals surface area contributed by atoms with E-state index >= 15 is 0 Å². The third-order valence-corrected chi connectivity index (χ3v) is 7.40. The van der Waals surface area contributed by atoms with Crippen LogP contribution in [0.15, 0.2) is 69.6 Å². The summed E-state index contributed by atoms with van der Waals surface area (Å²) >= 11 is 4.06. The molecule has 2 heterocycles. The van der Waals surface area contributed by atoms with Gasteiger partial charge < -0.3 is 0 Å². The van der Waals surface area contributed by atoms with E-state index in [-0.39, 0.29) is 5.56 Å². The fourth-order valence-electron chi connectivity index (χ4n) is 3.70. The predicted octanol–water partition coefficient (Wildman–Crippen LogP) is 5.69. The van der Waals surface area contributed by atoms with Gasteiger partial charge in [0.2, 0.25) is 0 Å². The molecule has 0 radical (unpaired) electrons. The summed E-state index contributed by atoms with van der Waals surface area (Å²) < 4.78 is 5.11. The lowest BCUT2D eigenvalue weighted by molar-refractivity contribution is 0.642. The second kappa shape index (κ2) is 7.23. The molecule has 2 aliphatic rings. The molecule has 0 aliphatic heterocycles. The van der Waals surface area contributed by atoms with Gasteiger partial charge in [-0.15, -0.1) is 0 Å². The van der Waals surface area contributed by atoms with Crippen LogP contribution in [0, 0.1) is 3.57 Å². The van der Waals surface area contributed by atoms with E-state index in [0.717, 1.165) is 34.5 Å². The summed E-state index contributed by atoms with van der Waals surface area (Å²) in [5.41, 5.74) is 2.76. The first-order valence-electron chi connectivity index (χ1n) is 10.2. The van der Waals surface area contributed by atoms with Gasteiger partial charge in [0.05, 0.1) is 28.2 Å². The maximum absolute atomic E-state index is 12.8. The minimum absolute atomic E-state index is 0.0612. The van der Waals surface area contributed by atoms with E-state index in [1.54, 1.807) is 22.7 Å². The summed E-state index contributed by atoms with van der Waals surface area (Å²) in [6, 6.07) is 15.3. The molecule has 2 fully saturated rings. The molecular weight excluding hydrogens is 507 g/mol. The fraction of sp³-hybridized carbons (Fsp3) is 0.261. The molecule has 2 aliphatic carbocycles. The van der Waals surface area contributed by atoms with E-state index in [2.05, 4.69) is 62.7 Å². The quantitative estimate of drug-likeness (QED) is 0.314. The lowest BCUT2D eigenvalue weighted by Crippen LogP contribution is -2.19. The van der Waals surface area contributed by atoms with Crippen LogP contribution in [0.1, 0.15) is 37.8 Å². The fourth-order valence-corrected chi connectivity index (χ4v) is 5.00. The van der Waals surface area contributed by atoms with Crippen LogP contribution >= 0.6 is 34.4 Å². The van der Waals surface area contributed by atoms with E-state index in [4.69, 9.17) is 5.10 Å². The van der Waals surface area contributed by atoms with Gasteiger partial charge in [0.15, 0.2) is 0 Å². The van der Waals surface area contributed by atoms with E-state index in [1.807, 2.05) is 18.2 Å². The van der Waals surface area contributed by atoms with E-state index in [1.165, 1.54) is 21.3 Å². The van der Waals surface area contributed by atoms with E-state index < -0.39 is 0 Å². The van der Waals surface area contributed by atoms with Gasteiger partial charge in [0.25, 0.3) is 5.56 Å². The average molecular weight is 526 g/mol. The molecule has 0 saturated heterocycles. The Hall–Kier alpha value is -2.13. The van der Waals surface area contributed by atoms with Crippen molar-refractivity contribution in [2.45, 2.75) is 47.6 Å². The number of hydrogen-bond donors (Lipinski definition) is 0. The molecule has 0 N–H and O–H groups in total. The minimum atomic E-state index is 0.0612. The monoisotopic (exact) mass is 526 g/mol. The molecule has 7 heteroatoms. The molecule has 0 amide bonds.